The maximum atomic E-state index is 11.1. The Morgan fingerprint density at radius 3 is 2.42 bits per heavy atom. The number of imide groups is 1. The first-order valence-corrected chi connectivity index (χ1v) is 3.38. The minimum atomic E-state index is -0.265. The summed E-state index contributed by atoms with van der Waals surface area (Å²) in [6, 6.07) is 0. The topological polar surface area (TPSA) is 91.8 Å². The van der Waals surface area contributed by atoms with Crippen molar-refractivity contribution in [3.63, 3.8) is 0 Å². The number of hydrogen-bond acceptors (Lipinski definition) is 5. The second-order valence-electron chi connectivity index (χ2n) is 2.35. The summed E-state index contributed by atoms with van der Waals surface area (Å²) < 4.78 is 0. The molecule has 0 unspecified atom stereocenters. The molecule has 1 aliphatic rings. The van der Waals surface area contributed by atoms with Crippen LogP contribution in [0.3, 0.4) is 0 Å². The Kier molecular flexibility index (Phi) is 1.36. The van der Waals surface area contributed by atoms with Crippen LogP contribution in [-0.4, -0.2) is 32.4 Å². The zero-order valence-electron chi connectivity index (χ0n) is 6.02. The molecule has 7 nitrogen and oxygen atoms in total. The lowest BCUT2D eigenvalue weighted by atomic mass is 10.4. The molecule has 0 saturated carbocycles. The zero-order chi connectivity index (χ0) is 8.55. The Hall–Kier alpha value is -1.79. The number of rotatable bonds is 1. The predicted octanol–water partition coefficient (Wildman–Crippen LogP) is -1.15. The largest absolute Gasteiger partial charge is 0.274 e. The van der Waals surface area contributed by atoms with Crippen LogP contribution in [0.4, 0.5) is 5.95 Å². The van der Waals surface area contributed by atoms with Gasteiger partial charge in [0, 0.05) is 12.8 Å². The molecule has 62 valence electrons. The minimum absolute atomic E-state index is 0.0995. The van der Waals surface area contributed by atoms with Gasteiger partial charge < -0.3 is 0 Å². The third-order valence-corrected chi connectivity index (χ3v) is 1.60. The molecule has 1 fully saturated rings. The van der Waals surface area contributed by atoms with Gasteiger partial charge in [0.1, 0.15) is 0 Å². The highest BCUT2D eigenvalue weighted by Gasteiger charge is 2.32. The van der Waals surface area contributed by atoms with Crippen molar-refractivity contribution in [3.05, 3.63) is 0 Å². The smallest absolute Gasteiger partial charge is 0.256 e. The SMILES string of the molecule is O=C1CCC(=O)N1c1nnn[nH]1. The van der Waals surface area contributed by atoms with Gasteiger partial charge in [-0.2, -0.15) is 0 Å². The molecule has 0 radical (unpaired) electrons. The summed E-state index contributed by atoms with van der Waals surface area (Å²) in [5, 5.41) is 12.4. The maximum absolute atomic E-state index is 11.1. The van der Waals surface area contributed by atoms with Crippen LogP contribution in [0.25, 0.3) is 0 Å². The first-order valence-electron chi connectivity index (χ1n) is 3.38. The molecule has 0 bridgehead atoms. The number of tetrazole rings is 1. The van der Waals surface area contributed by atoms with E-state index in [0.29, 0.717) is 0 Å². The number of nitrogens with zero attached hydrogens (tertiary/aromatic N) is 4. The standard InChI is InChI=1S/C5H5N5O2/c11-3-1-2-4(12)10(3)5-6-8-9-7-5/h1-2H2,(H,6,7,8,9). The predicted molar refractivity (Wildman–Crippen MR) is 35.9 cm³/mol. The number of anilines is 1. The number of aromatic amines is 1. The second kappa shape index (κ2) is 2.36. The lowest BCUT2D eigenvalue weighted by Crippen LogP contribution is -2.29. The van der Waals surface area contributed by atoms with Gasteiger partial charge in [0.05, 0.1) is 0 Å². The van der Waals surface area contributed by atoms with Crippen LogP contribution in [0.15, 0.2) is 0 Å². The van der Waals surface area contributed by atoms with Crippen molar-refractivity contribution >= 4 is 17.8 Å². The van der Waals surface area contributed by atoms with Crippen LogP contribution >= 0.6 is 0 Å². The Morgan fingerprint density at radius 2 is 1.92 bits per heavy atom. The van der Waals surface area contributed by atoms with Gasteiger partial charge >= 0.3 is 0 Å². The summed E-state index contributed by atoms with van der Waals surface area (Å²) in [5.74, 6) is -0.431. The number of amides is 2. The van der Waals surface area contributed by atoms with E-state index in [1.54, 1.807) is 0 Å². The van der Waals surface area contributed by atoms with E-state index < -0.39 is 0 Å². The summed E-state index contributed by atoms with van der Waals surface area (Å²) in [6.45, 7) is 0. The maximum Gasteiger partial charge on any atom is 0.256 e. The van der Waals surface area contributed by atoms with Crippen molar-refractivity contribution in [2.24, 2.45) is 0 Å². The highest BCUT2D eigenvalue weighted by atomic mass is 16.2. The fourth-order valence-corrected chi connectivity index (χ4v) is 1.06. The van der Waals surface area contributed by atoms with Gasteiger partial charge in [0.15, 0.2) is 0 Å². The Labute approximate surface area is 66.7 Å². The van der Waals surface area contributed by atoms with Crippen molar-refractivity contribution in [1.82, 2.24) is 20.6 Å². The van der Waals surface area contributed by atoms with Crippen LogP contribution in [0.2, 0.25) is 0 Å². The molecule has 2 heterocycles. The molecule has 1 N–H and O–H groups in total. The van der Waals surface area contributed by atoms with Gasteiger partial charge in [0.25, 0.3) is 5.95 Å². The van der Waals surface area contributed by atoms with Crippen LogP contribution in [0, 0.1) is 0 Å². The van der Waals surface area contributed by atoms with Crippen LogP contribution in [0.1, 0.15) is 12.8 Å². The number of aromatic nitrogens is 4. The van der Waals surface area contributed by atoms with Crippen molar-refractivity contribution in [2.75, 3.05) is 4.90 Å². The fourth-order valence-electron chi connectivity index (χ4n) is 1.06. The number of hydrogen-bond donors (Lipinski definition) is 1. The third kappa shape index (κ3) is 0.865. The molecule has 2 rings (SSSR count). The zero-order valence-corrected chi connectivity index (χ0v) is 6.02. The average molecular weight is 167 g/mol. The third-order valence-electron chi connectivity index (χ3n) is 1.60. The minimum Gasteiger partial charge on any atom is -0.274 e. The van der Waals surface area contributed by atoms with Crippen molar-refractivity contribution in [1.29, 1.82) is 0 Å². The molecule has 7 heteroatoms. The summed E-state index contributed by atoms with van der Waals surface area (Å²) in [4.78, 5) is 23.1. The molecular weight excluding hydrogens is 162 g/mol. The number of carbonyl (C=O) groups is 2. The Bertz CT molecular complexity index is 303. The molecular formula is C5H5N5O2. The molecule has 12 heavy (non-hydrogen) atoms. The van der Waals surface area contributed by atoms with Gasteiger partial charge in [-0.1, -0.05) is 5.10 Å². The lowest BCUT2D eigenvalue weighted by Gasteiger charge is -2.06. The quantitative estimate of drug-likeness (QED) is 0.533. The van der Waals surface area contributed by atoms with Gasteiger partial charge in [-0.25, -0.2) is 10.00 Å². The van der Waals surface area contributed by atoms with Gasteiger partial charge in [-0.05, 0) is 10.4 Å². The molecule has 1 aromatic rings. The number of carbonyl (C=O) groups excluding carboxylic acids is 2. The van der Waals surface area contributed by atoms with Crippen molar-refractivity contribution in [2.45, 2.75) is 12.8 Å². The van der Waals surface area contributed by atoms with Crippen molar-refractivity contribution < 1.29 is 9.59 Å². The van der Waals surface area contributed by atoms with E-state index in [0.717, 1.165) is 4.90 Å². The molecule has 0 atom stereocenters. The van der Waals surface area contributed by atoms with E-state index in [1.165, 1.54) is 0 Å². The van der Waals surface area contributed by atoms with Crippen LogP contribution in [-0.2, 0) is 9.59 Å². The normalized spacial score (nSPS) is 17.5. The highest BCUT2D eigenvalue weighted by Crippen LogP contribution is 2.16. The first kappa shape index (κ1) is 6.89. The van der Waals surface area contributed by atoms with Gasteiger partial charge in [-0.15, -0.1) is 0 Å². The molecule has 1 saturated heterocycles. The second-order valence-corrected chi connectivity index (χ2v) is 2.35. The van der Waals surface area contributed by atoms with E-state index in [2.05, 4.69) is 20.6 Å². The van der Waals surface area contributed by atoms with Gasteiger partial charge in [0.2, 0.25) is 11.8 Å². The monoisotopic (exact) mass is 167 g/mol. The van der Waals surface area contributed by atoms with Gasteiger partial charge in [-0.3, -0.25) is 9.59 Å². The lowest BCUT2D eigenvalue weighted by molar-refractivity contribution is -0.121. The first-order chi connectivity index (χ1) is 5.79. The highest BCUT2D eigenvalue weighted by molar-refractivity contribution is 6.18. The van der Waals surface area contributed by atoms with Crippen LogP contribution < -0.4 is 4.90 Å². The Morgan fingerprint density at radius 1 is 1.25 bits per heavy atom. The van der Waals surface area contributed by atoms with E-state index >= 15 is 0 Å². The molecule has 0 aromatic carbocycles. The van der Waals surface area contributed by atoms with Crippen LogP contribution in [0.5, 0.6) is 0 Å². The molecule has 0 aliphatic carbocycles. The summed E-state index contributed by atoms with van der Waals surface area (Å²) in [5.41, 5.74) is 0. The number of nitrogens with one attached hydrogen (secondary N) is 1. The van der Waals surface area contributed by atoms with Crippen molar-refractivity contribution in [3.8, 4) is 0 Å². The number of H-pyrrole nitrogens is 1. The molecule has 2 amide bonds. The fraction of sp³-hybridized carbons (Fsp3) is 0.400. The summed E-state index contributed by atoms with van der Waals surface area (Å²) >= 11 is 0. The van der Waals surface area contributed by atoms with E-state index in [9.17, 15) is 9.59 Å². The average Bonchev–Trinajstić information content (AvgIpc) is 2.61. The van der Waals surface area contributed by atoms with E-state index in [1.807, 2.05) is 0 Å². The van der Waals surface area contributed by atoms with E-state index in [-0.39, 0.29) is 30.6 Å². The van der Waals surface area contributed by atoms with E-state index in [4.69, 9.17) is 0 Å². The summed E-state index contributed by atoms with van der Waals surface area (Å²) in [7, 11) is 0. The molecule has 0 spiro atoms. The summed E-state index contributed by atoms with van der Waals surface area (Å²) in [6.07, 6.45) is 0.471. The molecule has 1 aliphatic heterocycles. The molecule has 1 aromatic heterocycles. The Balaban J connectivity index is 2.34.